The van der Waals surface area contributed by atoms with Crippen LogP contribution in [0.4, 0.5) is 12.9 Å². The Bertz CT molecular complexity index is 440. The summed E-state index contributed by atoms with van der Waals surface area (Å²) in [5.74, 6) is -0.0672. The summed E-state index contributed by atoms with van der Waals surface area (Å²) in [5.41, 5.74) is 2.02. The molecule has 0 N–H and O–H groups in total. The molecule has 17 heavy (non-hydrogen) atoms. The Hall–Kier alpha value is -0.835. The second-order valence-electron chi connectivity index (χ2n) is 4.31. The van der Waals surface area contributed by atoms with Crippen molar-refractivity contribution in [2.45, 2.75) is 24.2 Å². The Balaban J connectivity index is 1.98. The van der Waals surface area contributed by atoms with Crippen molar-refractivity contribution in [1.29, 1.82) is 0 Å². The van der Waals surface area contributed by atoms with Crippen molar-refractivity contribution in [1.82, 2.24) is 0 Å². The van der Waals surface area contributed by atoms with Gasteiger partial charge in [0, 0.05) is 4.90 Å². The van der Waals surface area contributed by atoms with Crippen LogP contribution in [-0.2, 0) is 12.8 Å². The molecule has 0 saturated heterocycles. The molecule has 0 fully saturated rings. The Morgan fingerprint density at radius 2 is 1.94 bits per heavy atom. The lowest BCUT2D eigenvalue weighted by atomic mass is 9.82. The minimum atomic E-state index is -4.89. The molecule has 0 radical (unpaired) electrons. The Labute approximate surface area is 103 Å². The second kappa shape index (κ2) is 4.80. The van der Waals surface area contributed by atoms with Gasteiger partial charge in [-0.1, -0.05) is 6.07 Å². The van der Waals surface area contributed by atoms with Crippen LogP contribution in [0.1, 0.15) is 17.5 Å². The summed E-state index contributed by atoms with van der Waals surface area (Å²) >= 11 is 1.22. The van der Waals surface area contributed by atoms with E-state index in [-0.39, 0.29) is 5.75 Å². The average molecular weight is 257 g/mol. The zero-order valence-electron chi connectivity index (χ0n) is 9.39. The van der Waals surface area contributed by atoms with Crippen molar-refractivity contribution < 1.29 is 12.9 Å². The highest BCUT2D eigenvalue weighted by Crippen LogP contribution is 2.30. The molecule has 5 heteroatoms. The summed E-state index contributed by atoms with van der Waals surface area (Å²) in [4.78, 5) is 0.909. The molecule has 0 nitrogen and oxygen atoms in total. The molecular formula is C12H13BF3S-. The number of benzene rings is 1. The molecule has 0 bridgehead atoms. The van der Waals surface area contributed by atoms with Crippen LogP contribution < -0.4 is 0 Å². The number of halogens is 3. The van der Waals surface area contributed by atoms with Crippen LogP contribution in [0.15, 0.2) is 35.1 Å². The summed E-state index contributed by atoms with van der Waals surface area (Å²) < 4.78 is 37.0. The van der Waals surface area contributed by atoms with Crippen molar-refractivity contribution in [2.75, 3.05) is 5.75 Å². The maximum atomic E-state index is 12.3. The number of thioether (sulfide) groups is 1. The Kier molecular flexibility index (Phi) is 3.57. The first-order valence-electron chi connectivity index (χ1n) is 5.59. The third kappa shape index (κ3) is 3.09. The van der Waals surface area contributed by atoms with Crippen molar-refractivity contribution in [3.05, 3.63) is 41.4 Å². The third-order valence-corrected chi connectivity index (χ3v) is 4.06. The van der Waals surface area contributed by atoms with E-state index in [1.54, 1.807) is 0 Å². The monoisotopic (exact) mass is 257 g/mol. The predicted octanol–water partition coefficient (Wildman–Crippen LogP) is 4.21. The Morgan fingerprint density at radius 1 is 1.24 bits per heavy atom. The Morgan fingerprint density at radius 3 is 2.65 bits per heavy atom. The molecule has 0 heterocycles. The minimum Gasteiger partial charge on any atom is -0.445 e. The maximum absolute atomic E-state index is 12.3. The van der Waals surface area contributed by atoms with Gasteiger partial charge >= 0.3 is 6.98 Å². The molecule has 2 rings (SSSR count). The molecule has 1 aromatic rings. The number of rotatable bonds is 4. The second-order valence-corrected chi connectivity index (χ2v) is 5.35. The first-order valence-corrected chi connectivity index (χ1v) is 6.57. The molecule has 1 aliphatic rings. The van der Waals surface area contributed by atoms with Gasteiger partial charge in [-0.05, 0) is 48.3 Å². The van der Waals surface area contributed by atoms with Crippen molar-refractivity contribution in [3.8, 4) is 0 Å². The van der Waals surface area contributed by atoms with Gasteiger partial charge < -0.3 is 12.9 Å². The minimum absolute atomic E-state index is 0.0672. The first-order chi connectivity index (χ1) is 7.97. The lowest BCUT2D eigenvalue weighted by Crippen LogP contribution is -2.20. The molecule has 1 aromatic carbocycles. The molecule has 0 aliphatic heterocycles. The lowest BCUT2D eigenvalue weighted by Gasteiger charge is -2.17. The van der Waals surface area contributed by atoms with E-state index in [1.807, 2.05) is 18.2 Å². The number of hydrogen-bond acceptors (Lipinski definition) is 1. The van der Waals surface area contributed by atoms with E-state index >= 15 is 0 Å². The van der Waals surface area contributed by atoms with Crippen LogP contribution in [0.5, 0.6) is 0 Å². The predicted molar refractivity (Wildman–Crippen MR) is 67.4 cm³/mol. The molecular weight excluding hydrogens is 244 g/mol. The van der Waals surface area contributed by atoms with E-state index in [2.05, 4.69) is 6.58 Å². The molecule has 0 amide bonds. The maximum Gasteiger partial charge on any atom is 0.505 e. The summed E-state index contributed by atoms with van der Waals surface area (Å²) in [7, 11) is 0. The van der Waals surface area contributed by atoms with Crippen LogP contribution in [0.3, 0.4) is 0 Å². The van der Waals surface area contributed by atoms with Crippen molar-refractivity contribution in [2.24, 2.45) is 0 Å². The van der Waals surface area contributed by atoms with Crippen LogP contribution in [0, 0.1) is 0 Å². The molecule has 1 aliphatic carbocycles. The summed E-state index contributed by atoms with van der Waals surface area (Å²) in [6, 6.07) is 5.96. The quantitative estimate of drug-likeness (QED) is 0.575. The zero-order chi connectivity index (χ0) is 12.5. The highest BCUT2D eigenvalue weighted by atomic mass is 32.2. The summed E-state index contributed by atoms with van der Waals surface area (Å²) in [6.07, 6.45) is 3.30. The van der Waals surface area contributed by atoms with Gasteiger partial charge in [-0.3, -0.25) is 0 Å². The van der Waals surface area contributed by atoms with E-state index in [0.29, 0.717) is 0 Å². The zero-order valence-corrected chi connectivity index (χ0v) is 10.2. The average Bonchev–Trinajstić information content (AvgIpc) is 2.71. The highest BCUT2D eigenvalue weighted by Gasteiger charge is 2.26. The van der Waals surface area contributed by atoms with Gasteiger partial charge in [-0.2, -0.15) is 0 Å². The molecule has 0 unspecified atom stereocenters. The number of aryl methyl sites for hydroxylation is 2. The van der Waals surface area contributed by atoms with Crippen molar-refractivity contribution in [3.63, 3.8) is 0 Å². The van der Waals surface area contributed by atoms with E-state index in [1.165, 1.54) is 22.9 Å². The normalized spacial score (nSPS) is 14.8. The molecule has 0 spiro atoms. The fourth-order valence-corrected chi connectivity index (χ4v) is 2.84. The standard InChI is InChI=1S/C12H13BF3S/c1-9(13(14,15)16)8-17-12-6-5-10-3-2-4-11(10)7-12/h5-7H,1-4,8H2/q-1. The van der Waals surface area contributed by atoms with E-state index in [0.717, 1.165) is 24.2 Å². The summed E-state index contributed by atoms with van der Waals surface area (Å²) in [6.45, 7) is -1.80. The fourth-order valence-electron chi connectivity index (χ4n) is 1.91. The van der Waals surface area contributed by atoms with Crippen LogP contribution in [-0.4, -0.2) is 12.7 Å². The fraction of sp³-hybridized carbons (Fsp3) is 0.333. The lowest BCUT2D eigenvalue weighted by molar-refractivity contribution is 0.491. The van der Waals surface area contributed by atoms with E-state index in [9.17, 15) is 12.9 Å². The number of hydrogen-bond donors (Lipinski definition) is 0. The van der Waals surface area contributed by atoms with Gasteiger partial charge in [0.1, 0.15) is 0 Å². The van der Waals surface area contributed by atoms with Gasteiger partial charge in [0.05, 0.1) is 0 Å². The molecule has 92 valence electrons. The van der Waals surface area contributed by atoms with E-state index < -0.39 is 12.4 Å². The molecule has 0 atom stereocenters. The van der Waals surface area contributed by atoms with Crippen molar-refractivity contribution >= 4 is 18.7 Å². The molecule has 0 aromatic heterocycles. The van der Waals surface area contributed by atoms with Gasteiger partial charge in [0.2, 0.25) is 0 Å². The van der Waals surface area contributed by atoms with Gasteiger partial charge in [0.15, 0.2) is 0 Å². The first kappa shape index (κ1) is 12.6. The SMILES string of the molecule is C=C(CSc1ccc2c(c1)CCC2)[B-](F)(F)F. The van der Waals surface area contributed by atoms with Gasteiger partial charge in [0.25, 0.3) is 0 Å². The number of fused-ring (bicyclic) bond motifs is 1. The highest BCUT2D eigenvalue weighted by molar-refractivity contribution is 7.99. The van der Waals surface area contributed by atoms with Gasteiger partial charge in [-0.25, -0.2) is 0 Å². The summed E-state index contributed by atoms with van der Waals surface area (Å²) in [5, 5.41) is 0. The third-order valence-electron chi connectivity index (χ3n) is 2.96. The largest absolute Gasteiger partial charge is 0.505 e. The van der Waals surface area contributed by atoms with E-state index in [4.69, 9.17) is 0 Å². The van der Waals surface area contributed by atoms with Crippen LogP contribution in [0.2, 0.25) is 0 Å². The van der Waals surface area contributed by atoms with Crippen LogP contribution >= 0.6 is 11.8 Å². The topological polar surface area (TPSA) is 0 Å². The van der Waals surface area contributed by atoms with Gasteiger partial charge in [-0.15, -0.1) is 23.8 Å². The smallest absolute Gasteiger partial charge is 0.445 e. The van der Waals surface area contributed by atoms with Crippen LogP contribution in [0.25, 0.3) is 0 Å². The molecule has 0 saturated carbocycles.